The average molecular weight is 498 g/mol. The first-order valence-electron chi connectivity index (χ1n) is 12.1. The molecule has 5 aromatic rings. The predicted molar refractivity (Wildman–Crippen MR) is 137 cm³/mol. The van der Waals surface area contributed by atoms with Crippen LogP contribution in [0.3, 0.4) is 0 Å². The first-order chi connectivity index (χ1) is 18.0. The Labute approximate surface area is 211 Å². The second kappa shape index (κ2) is 9.16. The van der Waals surface area contributed by atoms with Gasteiger partial charge in [0.2, 0.25) is 0 Å². The van der Waals surface area contributed by atoms with Gasteiger partial charge >= 0.3 is 5.76 Å². The lowest BCUT2D eigenvalue weighted by Gasteiger charge is -2.15. The zero-order chi connectivity index (χ0) is 25.5. The topological polar surface area (TPSA) is 98.8 Å². The van der Waals surface area contributed by atoms with E-state index in [-0.39, 0.29) is 12.4 Å². The van der Waals surface area contributed by atoms with Crippen molar-refractivity contribution < 1.29 is 13.7 Å². The van der Waals surface area contributed by atoms with E-state index in [1.807, 2.05) is 19.1 Å². The molecule has 8 nitrogen and oxygen atoms in total. The fraction of sp³-hybridized carbons (Fsp3) is 0.214. The molecule has 0 unspecified atom stereocenters. The molecule has 0 bridgehead atoms. The summed E-state index contributed by atoms with van der Waals surface area (Å²) >= 11 is 0. The zero-order valence-electron chi connectivity index (χ0n) is 20.4. The van der Waals surface area contributed by atoms with Crippen molar-refractivity contribution in [2.75, 3.05) is 0 Å². The van der Waals surface area contributed by atoms with Gasteiger partial charge < -0.3 is 9.30 Å². The van der Waals surface area contributed by atoms with Crippen molar-refractivity contribution in [3.63, 3.8) is 0 Å². The Bertz CT molecular complexity index is 1730. The number of imidazole rings is 1. The third-order valence-electron chi connectivity index (χ3n) is 6.65. The summed E-state index contributed by atoms with van der Waals surface area (Å²) in [5.74, 6) is 0.736. The molecule has 0 aliphatic carbocycles. The molecule has 9 heteroatoms. The third-order valence-corrected chi connectivity index (χ3v) is 6.65. The molecule has 2 aromatic carbocycles. The van der Waals surface area contributed by atoms with Crippen LogP contribution in [0.15, 0.2) is 64.2 Å². The van der Waals surface area contributed by atoms with Gasteiger partial charge in [0.05, 0.1) is 11.7 Å². The molecule has 1 aliphatic heterocycles. The first kappa shape index (κ1) is 22.9. The van der Waals surface area contributed by atoms with Gasteiger partial charge in [0.15, 0.2) is 5.82 Å². The number of pyridine rings is 1. The Morgan fingerprint density at radius 1 is 1.16 bits per heavy atom. The van der Waals surface area contributed by atoms with Crippen LogP contribution in [-0.4, -0.2) is 24.7 Å². The fourth-order valence-electron chi connectivity index (χ4n) is 4.95. The van der Waals surface area contributed by atoms with Gasteiger partial charge in [0.25, 0.3) is 0 Å². The molecule has 0 atom stereocenters. The molecule has 0 fully saturated rings. The number of rotatable bonds is 5. The van der Waals surface area contributed by atoms with Gasteiger partial charge in [-0.05, 0) is 59.9 Å². The van der Waals surface area contributed by atoms with Gasteiger partial charge in [0, 0.05) is 36.4 Å². The van der Waals surface area contributed by atoms with E-state index >= 15 is 0 Å². The van der Waals surface area contributed by atoms with Gasteiger partial charge in [-0.15, -0.1) is 0 Å². The molecule has 3 aromatic heterocycles. The lowest BCUT2D eigenvalue weighted by atomic mass is 9.89. The van der Waals surface area contributed by atoms with Gasteiger partial charge in [0.1, 0.15) is 29.5 Å². The van der Waals surface area contributed by atoms with Crippen molar-refractivity contribution in [3.05, 3.63) is 105 Å². The Morgan fingerprint density at radius 3 is 2.84 bits per heavy atom. The van der Waals surface area contributed by atoms with E-state index in [4.69, 9.17) is 14.2 Å². The van der Waals surface area contributed by atoms with Gasteiger partial charge in [-0.2, -0.15) is 0 Å². The summed E-state index contributed by atoms with van der Waals surface area (Å²) in [5.41, 5.74) is 7.07. The first-order valence-corrected chi connectivity index (χ1v) is 12.1. The summed E-state index contributed by atoms with van der Waals surface area (Å²) in [4.78, 5) is 23.3. The van der Waals surface area contributed by atoms with Crippen LogP contribution in [0.25, 0.3) is 22.2 Å². The van der Waals surface area contributed by atoms with E-state index in [1.165, 1.54) is 12.1 Å². The largest absolute Gasteiger partial charge is 0.488 e. The van der Waals surface area contributed by atoms with E-state index in [0.717, 1.165) is 52.0 Å². The molecule has 1 aliphatic rings. The number of aromatic amines is 1. The highest BCUT2D eigenvalue weighted by Gasteiger charge is 2.24. The molecule has 0 saturated heterocycles. The molecule has 0 amide bonds. The monoisotopic (exact) mass is 497 g/mol. The number of fused-ring (bicyclic) bond motifs is 3. The summed E-state index contributed by atoms with van der Waals surface area (Å²) in [6.07, 6.45) is 5.43. The van der Waals surface area contributed by atoms with E-state index in [1.54, 1.807) is 18.5 Å². The number of aryl methyl sites for hydroxylation is 1. The van der Waals surface area contributed by atoms with Gasteiger partial charge in [-0.3, -0.25) is 14.5 Å². The number of nitrogens with one attached hydrogen (secondary N) is 1. The average Bonchev–Trinajstić information content (AvgIpc) is 3.44. The molecular formula is C28H24FN5O3. The summed E-state index contributed by atoms with van der Waals surface area (Å²) in [6, 6.07) is 12.7. The van der Waals surface area contributed by atoms with Crippen molar-refractivity contribution in [2.45, 2.75) is 39.8 Å². The summed E-state index contributed by atoms with van der Waals surface area (Å²) in [5, 5.41) is 3.88. The number of H-pyrrole nitrogens is 1. The van der Waals surface area contributed by atoms with E-state index < -0.39 is 5.76 Å². The van der Waals surface area contributed by atoms with Crippen molar-refractivity contribution in [1.29, 1.82) is 0 Å². The van der Waals surface area contributed by atoms with Gasteiger partial charge in [-0.25, -0.2) is 14.2 Å². The van der Waals surface area contributed by atoms with Crippen molar-refractivity contribution in [2.24, 2.45) is 0 Å². The minimum atomic E-state index is -0.639. The third kappa shape index (κ3) is 4.12. The molecule has 1 N–H and O–H groups in total. The van der Waals surface area contributed by atoms with Crippen LogP contribution in [0.5, 0.6) is 5.75 Å². The highest BCUT2D eigenvalue weighted by atomic mass is 19.1. The number of aromatic nitrogens is 5. The van der Waals surface area contributed by atoms with Crippen LogP contribution in [-0.2, 0) is 19.6 Å². The second-order valence-corrected chi connectivity index (χ2v) is 9.09. The number of halogens is 1. The summed E-state index contributed by atoms with van der Waals surface area (Å²) < 4.78 is 27.2. The number of hydrogen-bond donors (Lipinski definition) is 1. The van der Waals surface area contributed by atoms with E-state index in [9.17, 15) is 9.18 Å². The number of benzene rings is 2. The molecule has 37 heavy (non-hydrogen) atoms. The lowest BCUT2D eigenvalue weighted by Crippen LogP contribution is -2.07. The van der Waals surface area contributed by atoms with Crippen LogP contribution in [0.4, 0.5) is 4.39 Å². The molecule has 6 rings (SSSR count). The standard InChI is InChI=1S/C28H24FN5O3/c1-3-4-25-31-22-13-30-10-9-23(22)34(25)14-17-5-7-20-18(11-17)15-36-24-12-19(29)6-8-21(24)26(20)16(2)27-32-28(35)37-33-27/h5-13H,3-4,14-15H2,1-2H3,(H,32,33,35)/b26-16+. The Balaban J connectivity index is 1.48. The smallest absolute Gasteiger partial charge is 0.439 e. The SMILES string of the molecule is CCCc1nc2cnccc2n1Cc1ccc2c(c1)COc1cc(F)ccc1/C2=C(\C)c1noc(=O)[nH]1. The van der Waals surface area contributed by atoms with Crippen LogP contribution in [0.2, 0.25) is 0 Å². The lowest BCUT2D eigenvalue weighted by molar-refractivity contribution is 0.305. The Hall–Kier alpha value is -4.53. The van der Waals surface area contributed by atoms with E-state index in [0.29, 0.717) is 29.3 Å². The zero-order valence-corrected chi connectivity index (χ0v) is 20.4. The van der Waals surface area contributed by atoms with Crippen LogP contribution in [0.1, 0.15) is 54.2 Å². The Morgan fingerprint density at radius 2 is 2.03 bits per heavy atom. The maximum absolute atomic E-state index is 14.1. The normalized spacial score (nSPS) is 14.1. The van der Waals surface area contributed by atoms with Crippen LogP contribution < -0.4 is 10.5 Å². The minimum absolute atomic E-state index is 0.266. The summed E-state index contributed by atoms with van der Waals surface area (Å²) in [6.45, 7) is 4.89. The van der Waals surface area contributed by atoms with E-state index in [2.05, 4.69) is 38.7 Å². The quantitative estimate of drug-likeness (QED) is 0.362. The fourth-order valence-corrected chi connectivity index (χ4v) is 4.95. The van der Waals surface area contributed by atoms with Crippen LogP contribution in [0, 0.1) is 5.82 Å². The highest BCUT2D eigenvalue weighted by Crippen LogP contribution is 2.41. The number of nitrogens with zero attached hydrogens (tertiary/aromatic N) is 4. The second-order valence-electron chi connectivity index (χ2n) is 9.09. The predicted octanol–water partition coefficient (Wildman–Crippen LogP) is 5.12. The number of hydrogen-bond acceptors (Lipinski definition) is 6. The molecule has 0 saturated carbocycles. The van der Waals surface area contributed by atoms with Crippen molar-refractivity contribution >= 4 is 22.2 Å². The van der Waals surface area contributed by atoms with Crippen molar-refractivity contribution in [1.82, 2.24) is 24.7 Å². The number of ether oxygens (including phenoxy) is 1. The maximum atomic E-state index is 14.1. The highest BCUT2D eigenvalue weighted by molar-refractivity contribution is 5.99. The molecule has 186 valence electrons. The molecule has 0 spiro atoms. The number of allylic oxidation sites excluding steroid dienone is 1. The molecular weight excluding hydrogens is 473 g/mol. The minimum Gasteiger partial charge on any atom is -0.488 e. The molecule has 0 radical (unpaired) electrons. The van der Waals surface area contributed by atoms with Gasteiger partial charge in [-0.1, -0.05) is 24.2 Å². The van der Waals surface area contributed by atoms with Crippen molar-refractivity contribution in [3.8, 4) is 5.75 Å². The van der Waals surface area contributed by atoms with Crippen LogP contribution >= 0.6 is 0 Å². The molecule has 4 heterocycles. The summed E-state index contributed by atoms with van der Waals surface area (Å²) in [7, 11) is 0. The maximum Gasteiger partial charge on any atom is 0.439 e. The Kier molecular flexibility index (Phi) is 5.67.